The number of hydrogen-bond acceptors (Lipinski definition) is 4. The minimum Gasteiger partial charge on any atom is -0.291 e. The third-order valence-electron chi connectivity index (χ3n) is 5.90. The Bertz CT molecular complexity index is 943. The number of allylic oxidation sites excluding steroid dienone is 1. The number of nitrogens with zero attached hydrogens (tertiary/aromatic N) is 4. The van der Waals surface area contributed by atoms with Gasteiger partial charge in [0, 0.05) is 23.5 Å². The molecule has 1 fully saturated rings. The summed E-state index contributed by atoms with van der Waals surface area (Å²) < 4.78 is 1.90. The van der Waals surface area contributed by atoms with Crippen LogP contribution in [0, 0.1) is 17.2 Å². The van der Waals surface area contributed by atoms with E-state index >= 15 is 0 Å². The van der Waals surface area contributed by atoms with Crippen LogP contribution in [0.25, 0.3) is 17.2 Å². The molecule has 5 rings (SSSR count). The zero-order valence-electron chi connectivity index (χ0n) is 13.9. The van der Waals surface area contributed by atoms with Gasteiger partial charge in [0.15, 0.2) is 5.78 Å². The van der Waals surface area contributed by atoms with Crippen molar-refractivity contribution in [1.82, 2.24) is 14.8 Å². The van der Waals surface area contributed by atoms with Crippen molar-refractivity contribution in [1.29, 1.82) is 5.26 Å². The Balaban J connectivity index is 1.63. The van der Waals surface area contributed by atoms with E-state index in [0.29, 0.717) is 18.0 Å². The van der Waals surface area contributed by atoms with Gasteiger partial charge >= 0.3 is 0 Å². The van der Waals surface area contributed by atoms with Crippen molar-refractivity contribution in [3.05, 3.63) is 41.5 Å². The molecule has 0 amide bonds. The Morgan fingerprint density at radius 1 is 1.32 bits per heavy atom. The highest BCUT2D eigenvalue weighted by Crippen LogP contribution is 2.45. The van der Waals surface area contributed by atoms with Crippen LogP contribution in [0.2, 0.25) is 0 Å². The molecule has 2 aromatic rings. The number of Topliss-reactive ketones (excluding diaryl/α,β-unsaturated/α-hetero) is 1. The number of nitriles is 1. The van der Waals surface area contributed by atoms with Crippen LogP contribution in [0.5, 0.6) is 0 Å². The summed E-state index contributed by atoms with van der Waals surface area (Å²) in [5, 5.41) is 14.0. The number of aromatic nitrogens is 3. The smallest absolute Gasteiger partial charge is 0.195 e. The zero-order chi connectivity index (χ0) is 17.0. The molecule has 1 unspecified atom stereocenters. The Kier molecular flexibility index (Phi) is 3.14. The molecule has 0 bridgehead atoms. The highest BCUT2D eigenvalue weighted by atomic mass is 16.1. The normalized spacial score (nSPS) is 21.9. The van der Waals surface area contributed by atoms with Crippen LogP contribution < -0.4 is 0 Å². The average molecular weight is 330 g/mol. The van der Waals surface area contributed by atoms with Crippen molar-refractivity contribution in [3.63, 3.8) is 0 Å². The van der Waals surface area contributed by atoms with Gasteiger partial charge in [-0.15, -0.1) is 0 Å². The highest BCUT2D eigenvalue weighted by Gasteiger charge is 2.38. The molecule has 0 aliphatic heterocycles. The summed E-state index contributed by atoms with van der Waals surface area (Å²) in [6.45, 7) is 0. The lowest BCUT2D eigenvalue weighted by atomic mass is 9.83. The molecule has 25 heavy (non-hydrogen) atoms. The monoisotopic (exact) mass is 330 g/mol. The molecule has 0 N–H and O–H groups in total. The number of carbonyl (C=O) groups excluding carboxylic acids is 1. The minimum atomic E-state index is -0.254. The summed E-state index contributed by atoms with van der Waals surface area (Å²) in [5.74, 6) is 0.272. The van der Waals surface area contributed by atoms with Gasteiger partial charge in [-0.1, -0.05) is 18.9 Å². The molecule has 2 atom stereocenters. The summed E-state index contributed by atoms with van der Waals surface area (Å²) in [5.41, 5.74) is 4.39. The van der Waals surface area contributed by atoms with E-state index in [1.165, 1.54) is 12.8 Å². The lowest BCUT2D eigenvalue weighted by Gasteiger charge is -2.21. The van der Waals surface area contributed by atoms with Gasteiger partial charge in [0.05, 0.1) is 30.1 Å². The maximum Gasteiger partial charge on any atom is 0.195 e. The lowest BCUT2D eigenvalue weighted by molar-refractivity contribution is 0.0969. The van der Waals surface area contributed by atoms with Crippen LogP contribution >= 0.6 is 0 Å². The van der Waals surface area contributed by atoms with Gasteiger partial charge in [0.1, 0.15) is 5.69 Å². The fraction of sp³-hybridized carbons (Fsp3) is 0.400. The molecule has 3 aliphatic carbocycles. The second kappa shape index (κ2) is 5.38. The van der Waals surface area contributed by atoms with E-state index in [-0.39, 0.29) is 17.7 Å². The SMILES string of the molecule is N#CC[C@H](C1CCCC1)n1cc2c(n1)C(=O)C1C=Cc3nccc-2c31. The molecule has 5 heteroatoms. The minimum absolute atomic E-state index is 0.0476. The number of ketones is 1. The second-order valence-electron chi connectivity index (χ2n) is 7.20. The first-order valence-electron chi connectivity index (χ1n) is 8.95. The third-order valence-corrected chi connectivity index (χ3v) is 5.90. The van der Waals surface area contributed by atoms with E-state index in [1.807, 2.05) is 29.1 Å². The number of hydrogen-bond donors (Lipinski definition) is 0. The van der Waals surface area contributed by atoms with Crippen molar-refractivity contribution in [3.8, 4) is 17.2 Å². The summed E-state index contributed by atoms with van der Waals surface area (Å²) in [6, 6.07) is 4.36. The van der Waals surface area contributed by atoms with Gasteiger partial charge in [-0.05, 0) is 36.5 Å². The van der Waals surface area contributed by atoms with Gasteiger partial charge in [0.2, 0.25) is 0 Å². The first-order valence-corrected chi connectivity index (χ1v) is 8.95. The van der Waals surface area contributed by atoms with Crippen LogP contribution in [-0.4, -0.2) is 20.5 Å². The summed E-state index contributed by atoms with van der Waals surface area (Å²) >= 11 is 0. The topological polar surface area (TPSA) is 71.6 Å². The fourth-order valence-corrected chi connectivity index (χ4v) is 4.69. The highest BCUT2D eigenvalue weighted by molar-refractivity contribution is 6.11. The van der Waals surface area contributed by atoms with E-state index in [9.17, 15) is 10.1 Å². The average Bonchev–Trinajstić information content (AvgIpc) is 3.37. The largest absolute Gasteiger partial charge is 0.291 e. The van der Waals surface area contributed by atoms with Crippen LogP contribution in [0.1, 0.15) is 65.8 Å². The van der Waals surface area contributed by atoms with Crippen molar-refractivity contribution >= 4 is 11.9 Å². The maximum atomic E-state index is 12.9. The fourth-order valence-electron chi connectivity index (χ4n) is 4.69. The van der Waals surface area contributed by atoms with E-state index < -0.39 is 0 Å². The molecule has 5 nitrogen and oxygen atoms in total. The van der Waals surface area contributed by atoms with Crippen molar-refractivity contribution in [2.75, 3.05) is 0 Å². The van der Waals surface area contributed by atoms with Crippen molar-refractivity contribution in [2.45, 2.75) is 44.1 Å². The molecular weight excluding hydrogens is 312 g/mol. The van der Waals surface area contributed by atoms with E-state index in [1.54, 1.807) is 6.20 Å². The predicted octanol–water partition coefficient (Wildman–Crippen LogP) is 3.90. The molecule has 0 saturated heterocycles. The van der Waals surface area contributed by atoms with Crippen molar-refractivity contribution in [2.24, 2.45) is 5.92 Å². The first kappa shape index (κ1) is 14.6. The lowest BCUT2D eigenvalue weighted by Crippen LogP contribution is -2.19. The summed E-state index contributed by atoms with van der Waals surface area (Å²) in [4.78, 5) is 17.3. The molecule has 0 aromatic carbocycles. The standard InChI is InChI=1S/C20H18N4O/c21-9-7-17(12-3-1-2-4-12)24-11-15-13-8-10-22-16-6-5-14(18(13)16)20(25)19(15)23-24/h5-6,8,10-12,14,17H,1-4,7H2/t14?,17-/m1/s1. The Morgan fingerprint density at radius 3 is 2.96 bits per heavy atom. The molecule has 124 valence electrons. The Morgan fingerprint density at radius 2 is 2.16 bits per heavy atom. The van der Waals surface area contributed by atoms with Crippen molar-refractivity contribution < 1.29 is 4.79 Å². The second-order valence-corrected chi connectivity index (χ2v) is 7.20. The Labute approximate surface area is 146 Å². The summed E-state index contributed by atoms with van der Waals surface area (Å²) in [6.07, 6.45) is 12.8. The quantitative estimate of drug-likeness (QED) is 0.855. The molecule has 3 aliphatic rings. The van der Waals surface area contributed by atoms with Gasteiger partial charge in [0.25, 0.3) is 0 Å². The maximum absolute atomic E-state index is 12.9. The van der Waals surface area contributed by atoms with Gasteiger partial charge in [-0.3, -0.25) is 14.5 Å². The van der Waals surface area contributed by atoms with Crippen LogP contribution in [0.4, 0.5) is 0 Å². The Hall–Kier alpha value is -2.74. The van der Waals surface area contributed by atoms with Crippen LogP contribution in [0.3, 0.4) is 0 Å². The number of carbonyl (C=O) groups is 1. The molecule has 0 spiro atoms. The third kappa shape index (κ3) is 2.03. The molecule has 1 saturated carbocycles. The molecule has 2 heterocycles. The van der Waals surface area contributed by atoms with Crippen LogP contribution in [0.15, 0.2) is 24.5 Å². The number of fused-ring (bicyclic) bond motifs is 2. The van der Waals surface area contributed by atoms with Gasteiger partial charge in [-0.25, -0.2) is 0 Å². The van der Waals surface area contributed by atoms with E-state index in [0.717, 1.165) is 35.2 Å². The predicted molar refractivity (Wildman–Crippen MR) is 92.8 cm³/mol. The first-order chi connectivity index (χ1) is 12.3. The molecule has 0 radical (unpaired) electrons. The molecular formula is C20H18N4O. The van der Waals surface area contributed by atoms with Gasteiger partial charge in [-0.2, -0.15) is 10.4 Å². The number of rotatable bonds is 3. The van der Waals surface area contributed by atoms with Gasteiger partial charge < -0.3 is 0 Å². The van der Waals surface area contributed by atoms with Crippen LogP contribution in [-0.2, 0) is 0 Å². The van der Waals surface area contributed by atoms with E-state index in [4.69, 9.17) is 0 Å². The van der Waals surface area contributed by atoms with E-state index in [2.05, 4.69) is 16.2 Å². The zero-order valence-corrected chi connectivity index (χ0v) is 13.9. The number of pyridine rings is 1. The summed E-state index contributed by atoms with van der Waals surface area (Å²) in [7, 11) is 0. The molecule has 2 aromatic heterocycles.